The Morgan fingerprint density at radius 3 is 2.75 bits per heavy atom. The fraction of sp³-hybridized carbons (Fsp3) is 0.400. The Balaban J connectivity index is 1.86. The molecule has 1 N–H and O–H groups in total. The SMILES string of the molecule is Cc1ncc(CNCc2ncc(Cl)n2C)s1. The van der Waals surface area contributed by atoms with Crippen LogP contribution in [0.4, 0.5) is 0 Å². The minimum absolute atomic E-state index is 0.658. The molecule has 2 aromatic rings. The molecule has 0 amide bonds. The standard InChI is InChI=1S/C10H13ClN4S/c1-7-13-4-8(16-7)3-12-6-10-14-5-9(11)15(10)2/h4-5,12H,3,6H2,1-2H3. The summed E-state index contributed by atoms with van der Waals surface area (Å²) >= 11 is 7.60. The summed E-state index contributed by atoms with van der Waals surface area (Å²) in [6.45, 7) is 3.53. The van der Waals surface area contributed by atoms with Gasteiger partial charge in [0.1, 0.15) is 11.0 Å². The molecule has 0 aliphatic rings. The van der Waals surface area contributed by atoms with E-state index in [1.807, 2.05) is 24.7 Å². The summed E-state index contributed by atoms with van der Waals surface area (Å²) in [5.74, 6) is 0.936. The lowest BCUT2D eigenvalue weighted by atomic mass is 10.5. The second-order valence-corrected chi connectivity index (χ2v) is 5.21. The number of rotatable bonds is 4. The zero-order valence-electron chi connectivity index (χ0n) is 9.20. The molecule has 0 bridgehead atoms. The van der Waals surface area contributed by atoms with Crippen LogP contribution < -0.4 is 5.32 Å². The first-order chi connectivity index (χ1) is 7.66. The third-order valence-corrected chi connectivity index (χ3v) is 3.54. The minimum atomic E-state index is 0.658. The van der Waals surface area contributed by atoms with E-state index >= 15 is 0 Å². The van der Waals surface area contributed by atoms with Crippen molar-refractivity contribution < 1.29 is 0 Å². The van der Waals surface area contributed by atoms with Crippen molar-refractivity contribution in [2.75, 3.05) is 0 Å². The van der Waals surface area contributed by atoms with Gasteiger partial charge in [0.05, 0.1) is 17.7 Å². The zero-order chi connectivity index (χ0) is 11.5. The van der Waals surface area contributed by atoms with Crippen LogP contribution >= 0.6 is 22.9 Å². The fourth-order valence-electron chi connectivity index (χ4n) is 1.37. The molecule has 0 aliphatic heterocycles. The molecule has 0 unspecified atom stereocenters. The Bertz CT molecular complexity index is 477. The number of halogens is 1. The van der Waals surface area contributed by atoms with Crippen molar-refractivity contribution in [3.05, 3.63) is 33.3 Å². The number of nitrogens with one attached hydrogen (secondary N) is 1. The molecule has 0 saturated heterocycles. The van der Waals surface area contributed by atoms with Crippen molar-refractivity contribution in [1.82, 2.24) is 19.9 Å². The highest BCUT2D eigenvalue weighted by atomic mass is 35.5. The van der Waals surface area contributed by atoms with Crippen LogP contribution in [0.25, 0.3) is 0 Å². The van der Waals surface area contributed by atoms with E-state index in [1.165, 1.54) is 4.88 Å². The highest BCUT2D eigenvalue weighted by Gasteiger charge is 2.04. The largest absolute Gasteiger partial charge is 0.321 e. The summed E-state index contributed by atoms with van der Waals surface area (Å²) in [4.78, 5) is 9.64. The first-order valence-corrected chi connectivity index (χ1v) is 6.14. The number of aryl methyl sites for hydroxylation is 1. The molecule has 0 aliphatic carbocycles. The predicted octanol–water partition coefficient (Wildman–Crippen LogP) is 2.13. The smallest absolute Gasteiger partial charge is 0.128 e. The van der Waals surface area contributed by atoms with Crippen molar-refractivity contribution in [2.45, 2.75) is 20.0 Å². The zero-order valence-corrected chi connectivity index (χ0v) is 10.8. The van der Waals surface area contributed by atoms with E-state index in [-0.39, 0.29) is 0 Å². The maximum atomic E-state index is 5.89. The van der Waals surface area contributed by atoms with E-state index in [4.69, 9.17) is 11.6 Å². The molecule has 0 atom stereocenters. The van der Waals surface area contributed by atoms with Gasteiger partial charge in [-0.2, -0.15) is 0 Å². The van der Waals surface area contributed by atoms with Gasteiger partial charge in [0.25, 0.3) is 0 Å². The number of thiazole rings is 1. The lowest BCUT2D eigenvalue weighted by Gasteiger charge is -2.03. The average Bonchev–Trinajstić information content (AvgIpc) is 2.79. The Kier molecular flexibility index (Phi) is 3.58. The van der Waals surface area contributed by atoms with Gasteiger partial charge in [-0.15, -0.1) is 11.3 Å². The molecule has 0 radical (unpaired) electrons. The van der Waals surface area contributed by atoms with Crippen LogP contribution in [0, 0.1) is 6.92 Å². The Labute approximate surface area is 103 Å². The van der Waals surface area contributed by atoms with E-state index in [0.29, 0.717) is 11.7 Å². The molecule has 0 spiro atoms. The molecule has 2 heterocycles. The van der Waals surface area contributed by atoms with Gasteiger partial charge in [0.15, 0.2) is 0 Å². The second-order valence-electron chi connectivity index (χ2n) is 3.51. The van der Waals surface area contributed by atoms with Crippen LogP contribution in [0.3, 0.4) is 0 Å². The van der Waals surface area contributed by atoms with Crippen LogP contribution in [0.15, 0.2) is 12.4 Å². The number of hydrogen-bond acceptors (Lipinski definition) is 4. The molecular weight excluding hydrogens is 244 g/mol. The van der Waals surface area contributed by atoms with E-state index in [0.717, 1.165) is 17.4 Å². The van der Waals surface area contributed by atoms with Gasteiger partial charge in [0.2, 0.25) is 0 Å². The first kappa shape index (κ1) is 11.6. The van der Waals surface area contributed by atoms with Crippen molar-refractivity contribution in [2.24, 2.45) is 7.05 Å². The molecule has 86 valence electrons. The van der Waals surface area contributed by atoms with Gasteiger partial charge in [-0.25, -0.2) is 9.97 Å². The molecule has 0 aromatic carbocycles. The molecule has 0 saturated carbocycles. The van der Waals surface area contributed by atoms with Gasteiger partial charge in [-0.3, -0.25) is 0 Å². The summed E-state index contributed by atoms with van der Waals surface area (Å²) < 4.78 is 1.87. The van der Waals surface area contributed by atoms with Crippen molar-refractivity contribution in [3.63, 3.8) is 0 Å². The molecule has 0 fully saturated rings. The Morgan fingerprint density at radius 2 is 2.19 bits per heavy atom. The molecule has 2 aromatic heterocycles. The van der Waals surface area contributed by atoms with E-state index < -0.39 is 0 Å². The van der Waals surface area contributed by atoms with Gasteiger partial charge >= 0.3 is 0 Å². The number of imidazole rings is 1. The molecule has 4 nitrogen and oxygen atoms in total. The van der Waals surface area contributed by atoms with E-state index in [1.54, 1.807) is 17.5 Å². The highest BCUT2D eigenvalue weighted by molar-refractivity contribution is 7.11. The van der Waals surface area contributed by atoms with Crippen LogP contribution in [0.5, 0.6) is 0 Å². The summed E-state index contributed by atoms with van der Waals surface area (Å²) in [7, 11) is 1.91. The van der Waals surface area contributed by atoms with Crippen LogP contribution in [0.2, 0.25) is 5.15 Å². The number of hydrogen-bond donors (Lipinski definition) is 1. The summed E-state index contributed by atoms with van der Waals surface area (Å²) in [5, 5.41) is 5.07. The third-order valence-electron chi connectivity index (χ3n) is 2.28. The normalized spacial score (nSPS) is 10.9. The number of nitrogens with zero attached hydrogens (tertiary/aromatic N) is 3. The maximum absolute atomic E-state index is 5.89. The van der Waals surface area contributed by atoms with Crippen molar-refractivity contribution in [1.29, 1.82) is 0 Å². The number of aromatic nitrogens is 3. The quantitative estimate of drug-likeness (QED) is 0.911. The second kappa shape index (κ2) is 4.95. The lowest BCUT2D eigenvalue weighted by molar-refractivity contribution is 0.643. The van der Waals surface area contributed by atoms with Crippen LogP contribution in [-0.4, -0.2) is 14.5 Å². The van der Waals surface area contributed by atoms with E-state index in [9.17, 15) is 0 Å². The van der Waals surface area contributed by atoms with Crippen molar-refractivity contribution in [3.8, 4) is 0 Å². The summed E-state index contributed by atoms with van der Waals surface area (Å²) in [5.41, 5.74) is 0. The fourth-order valence-corrected chi connectivity index (χ4v) is 2.28. The van der Waals surface area contributed by atoms with Crippen molar-refractivity contribution >= 4 is 22.9 Å². The minimum Gasteiger partial charge on any atom is -0.321 e. The topological polar surface area (TPSA) is 42.7 Å². The monoisotopic (exact) mass is 256 g/mol. The Morgan fingerprint density at radius 1 is 1.38 bits per heavy atom. The third kappa shape index (κ3) is 2.61. The van der Waals surface area contributed by atoms with Gasteiger partial charge in [0, 0.05) is 24.7 Å². The Hall–Kier alpha value is -0.910. The van der Waals surface area contributed by atoms with Gasteiger partial charge in [-0.05, 0) is 6.92 Å². The van der Waals surface area contributed by atoms with Crippen LogP contribution in [0.1, 0.15) is 15.7 Å². The highest BCUT2D eigenvalue weighted by Crippen LogP contribution is 2.12. The molecule has 2 rings (SSSR count). The molecule has 6 heteroatoms. The summed E-state index contributed by atoms with van der Waals surface area (Å²) in [6.07, 6.45) is 3.56. The molecule has 16 heavy (non-hydrogen) atoms. The van der Waals surface area contributed by atoms with Crippen LogP contribution in [-0.2, 0) is 20.1 Å². The van der Waals surface area contributed by atoms with E-state index in [2.05, 4.69) is 15.3 Å². The molecular formula is C10H13ClN4S. The predicted molar refractivity (Wildman–Crippen MR) is 65.6 cm³/mol. The maximum Gasteiger partial charge on any atom is 0.128 e. The summed E-state index contributed by atoms with van der Waals surface area (Å²) in [6, 6.07) is 0. The first-order valence-electron chi connectivity index (χ1n) is 4.95. The van der Waals surface area contributed by atoms with Gasteiger partial charge < -0.3 is 9.88 Å². The average molecular weight is 257 g/mol. The lowest BCUT2D eigenvalue weighted by Crippen LogP contribution is -2.15. The van der Waals surface area contributed by atoms with Gasteiger partial charge in [-0.1, -0.05) is 11.6 Å².